The SMILES string of the molecule is N#CC(CC(NC(=O)OCC1c2ccccc2-c2ccccc21)C(=O)O)C(F)(F)F. The molecule has 2 unspecified atom stereocenters. The van der Waals surface area contributed by atoms with Crippen molar-refractivity contribution in [3.05, 3.63) is 59.7 Å². The third-order valence-electron chi connectivity index (χ3n) is 4.96. The quantitative estimate of drug-likeness (QED) is 0.737. The Labute approximate surface area is 169 Å². The molecule has 0 saturated carbocycles. The third-order valence-corrected chi connectivity index (χ3v) is 4.96. The van der Waals surface area contributed by atoms with Gasteiger partial charge in [0, 0.05) is 12.3 Å². The number of amides is 1. The van der Waals surface area contributed by atoms with Gasteiger partial charge >= 0.3 is 18.2 Å². The number of nitriles is 1. The lowest BCUT2D eigenvalue weighted by atomic mass is 9.98. The molecule has 1 aliphatic rings. The molecule has 0 radical (unpaired) electrons. The van der Waals surface area contributed by atoms with Crippen molar-refractivity contribution in [1.82, 2.24) is 5.32 Å². The Balaban J connectivity index is 1.68. The summed E-state index contributed by atoms with van der Waals surface area (Å²) in [6.07, 6.45) is -7.17. The molecule has 0 aromatic heterocycles. The average Bonchev–Trinajstić information content (AvgIpc) is 3.02. The Bertz CT molecular complexity index is 955. The summed E-state index contributed by atoms with van der Waals surface area (Å²) in [5, 5.41) is 19.7. The molecule has 0 saturated heterocycles. The van der Waals surface area contributed by atoms with Gasteiger partial charge in [0.25, 0.3) is 0 Å². The molecular weight excluding hydrogens is 401 g/mol. The Kier molecular flexibility index (Phi) is 5.96. The van der Waals surface area contributed by atoms with Gasteiger partial charge in [0.05, 0.1) is 6.07 Å². The molecule has 0 aliphatic heterocycles. The zero-order valence-corrected chi connectivity index (χ0v) is 15.5. The molecule has 9 heteroatoms. The van der Waals surface area contributed by atoms with Gasteiger partial charge in [0.2, 0.25) is 0 Å². The minimum atomic E-state index is -4.90. The summed E-state index contributed by atoms with van der Waals surface area (Å²) in [5.74, 6) is -4.49. The summed E-state index contributed by atoms with van der Waals surface area (Å²) in [6, 6.07) is 14.2. The molecule has 156 valence electrons. The van der Waals surface area contributed by atoms with Crippen LogP contribution in [0.15, 0.2) is 48.5 Å². The lowest BCUT2D eigenvalue weighted by molar-refractivity contribution is -0.164. The van der Waals surface area contributed by atoms with Crippen molar-refractivity contribution in [1.29, 1.82) is 5.26 Å². The second-order valence-corrected chi connectivity index (χ2v) is 6.82. The van der Waals surface area contributed by atoms with Crippen molar-refractivity contribution in [3.8, 4) is 17.2 Å². The zero-order valence-electron chi connectivity index (χ0n) is 15.5. The number of ether oxygens (including phenoxy) is 1. The van der Waals surface area contributed by atoms with E-state index in [-0.39, 0.29) is 12.5 Å². The number of carboxylic acids is 1. The van der Waals surface area contributed by atoms with Crippen LogP contribution in [0, 0.1) is 17.2 Å². The van der Waals surface area contributed by atoms with Gasteiger partial charge in [-0.3, -0.25) is 0 Å². The second kappa shape index (κ2) is 8.45. The van der Waals surface area contributed by atoms with Crippen molar-refractivity contribution in [2.75, 3.05) is 6.61 Å². The summed E-state index contributed by atoms with van der Waals surface area (Å²) in [7, 11) is 0. The monoisotopic (exact) mass is 418 g/mol. The van der Waals surface area contributed by atoms with Crippen LogP contribution in [0.25, 0.3) is 11.1 Å². The maximum Gasteiger partial charge on any atom is 0.407 e. The Hall–Kier alpha value is -3.54. The van der Waals surface area contributed by atoms with Gasteiger partial charge in [0.15, 0.2) is 0 Å². The van der Waals surface area contributed by atoms with Crippen LogP contribution < -0.4 is 5.32 Å². The first-order chi connectivity index (χ1) is 14.2. The molecule has 2 aromatic carbocycles. The van der Waals surface area contributed by atoms with Gasteiger partial charge in [-0.1, -0.05) is 48.5 Å². The Morgan fingerprint density at radius 2 is 1.63 bits per heavy atom. The van der Waals surface area contributed by atoms with Gasteiger partial charge in [0.1, 0.15) is 18.6 Å². The first-order valence-electron chi connectivity index (χ1n) is 9.03. The maximum absolute atomic E-state index is 12.8. The number of alkyl carbamates (subject to hydrolysis) is 1. The van der Waals surface area contributed by atoms with E-state index in [4.69, 9.17) is 15.1 Å². The molecule has 1 amide bonds. The molecule has 2 N–H and O–H groups in total. The number of nitrogens with zero attached hydrogens (tertiary/aromatic N) is 1. The predicted molar refractivity (Wildman–Crippen MR) is 99.4 cm³/mol. The van der Waals surface area contributed by atoms with Gasteiger partial charge in [-0.25, -0.2) is 9.59 Å². The number of benzene rings is 2. The molecule has 0 heterocycles. The standard InChI is InChI=1S/C21H17F3N2O4/c22-21(23,24)12(10-25)9-18(19(27)28)26-20(29)30-11-17-15-7-3-1-5-13(15)14-6-2-4-8-16(14)17/h1-8,12,17-18H,9,11H2,(H,26,29)(H,27,28). The van der Waals surface area contributed by atoms with Crippen molar-refractivity contribution >= 4 is 12.1 Å². The lowest BCUT2D eigenvalue weighted by Gasteiger charge is -2.20. The fraction of sp³-hybridized carbons (Fsp3) is 0.286. The summed E-state index contributed by atoms with van der Waals surface area (Å²) in [4.78, 5) is 23.4. The molecule has 2 atom stereocenters. The highest BCUT2D eigenvalue weighted by Crippen LogP contribution is 2.44. The zero-order chi connectivity index (χ0) is 21.9. The highest BCUT2D eigenvalue weighted by molar-refractivity contribution is 5.81. The molecular formula is C21H17F3N2O4. The lowest BCUT2D eigenvalue weighted by Crippen LogP contribution is -2.44. The van der Waals surface area contributed by atoms with Crippen LogP contribution in [0.4, 0.5) is 18.0 Å². The van der Waals surface area contributed by atoms with Gasteiger partial charge in [-0.05, 0) is 22.3 Å². The molecule has 3 rings (SSSR count). The number of aliphatic carboxylic acids is 1. The highest BCUT2D eigenvalue weighted by atomic mass is 19.4. The van der Waals surface area contributed by atoms with Crippen LogP contribution in [-0.4, -0.2) is 36.0 Å². The molecule has 0 spiro atoms. The average molecular weight is 418 g/mol. The summed E-state index contributed by atoms with van der Waals surface area (Å²) >= 11 is 0. The van der Waals surface area contributed by atoms with Crippen molar-refractivity contribution in [2.45, 2.75) is 24.6 Å². The smallest absolute Gasteiger partial charge is 0.407 e. The number of alkyl halides is 3. The number of hydrogen-bond donors (Lipinski definition) is 2. The van der Waals surface area contributed by atoms with Crippen LogP contribution in [-0.2, 0) is 9.53 Å². The number of nitrogens with one attached hydrogen (secondary N) is 1. The molecule has 6 nitrogen and oxygen atoms in total. The number of rotatable bonds is 6. The van der Waals surface area contributed by atoms with E-state index >= 15 is 0 Å². The number of carboxylic acid groups (broad SMARTS) is 1. The van der Waals surface area contributed by atoms with Crippen molar-refractivity contribution in [3.63, 3.8) is 0 Å². The normalized spacial score (nSPS) is 14.7. The summed E-state index contributed by atoms with van der Waals surface area (Å²) < 4.78 is 43.4. The molecule has 1 aliphatic carbocycles. The molecule has 30 heavy (non-hydrogen) atoms. The topological polar surface area (TPSA) is 99.4 Å². The van der Waals surface area contributed by atoms with Crippen LogP contribution in [0.1, 0.15) is 23.5 Å². The first-order valence-corrected chi connectivity index (χ1v) is 9.03. The van der Waals surface area contributed by atoms with Crippen molar-refractivity contribution in [2.24, 2.45) is 5.92 Å². The number of carbonyl (C=O) groups is 2. The van der Waals surface area contributed by atoms with Crippen LogP contribution in [0.3, 0.4) is 0 Å². The third kappa shape index (κ3) is 4.38. The maximum atomic E-state index is 12.8. The molecule has 0 fully saturated rings. The first kappa shape index (κ1) is 21.2. The van der Waals surface area contributed by atoms with Crippen LogP contribution >= 0.6 is 0 Å². The minimum Gasteiger partial charge on any atom is -0.480 e. The number of hydrogen-bond acceptors (Lipinski definition) is 4. The van der Waals surface area contributed by atoms with E-state index in [0.717, 1.165) is 28.3 Å². The number of carbonyl (C=O) groups excluding carboxylic acids is 1. The van der Waals surface area contributed by atoms with Crippen LogP contribution in [0.5, 0.6) is 0 Å². The molecule has 2 aromatic rings. The fourth-order valence-electron chi connectivity index (χ4n) is 3.50. The van der Waals surface area contributed by atoms with E-state index in [1.807, 2.05) is 53.8 Å². The van der Waals surface area contributed by atoms with E-state index in [9.17, 15) is 22.8 Å². The number of halogens is 3. The predicted octanol–water partition coefficient (Wildman–Crippen LogP) is 4.07. The van der Waals surface area contributed by atoms with Gasteiger partial charge in [-0.2, -0.15) is 18.4 Å². The van der Waals surface area contributed by atoms with E-state index in [1.165, 1.54) is 0 Å². The summed E-state index contributed by atoms with van der Waals surface area (Å²) in [6.45, 7) is -0.118. The van der Waals surface area contributed by atoms with Gasteiger partial charge < -0.3 is 15.2 Å². The van der Waals surface area contributed by atoms with E-state index < -0.39 is 36.6 Å². The fourth-order valence-corrected chi connectivity index (χ4v) is 3.50. The molecule has 0 bridgehead atoms. The Morgan fingerprint density at radius 3 is 2.10 bits per heavy atom. The van der Waals surface area contributed by atoms with E-state index in [0.29, 0.717) is 0 Å². The second-order valence-electron chi connectivity index (χ2n) is 6.82. The largest absolute Gasteiger partial charge is 0.480 e. The van der Waals surface area contributed by atoms with E-state index in [1.54, 1.807) is 0 Å². The minimum absolute atomic E-state index is 0.118. The van der Waals surface area contributed by atoms with Crippen LogP contribution in [0.2, 0.25) is 0 Å². The number of fused-ring (bicyclic) bond motifs is 3. The van der Waals surface area contributed by atoms with Gasteiger partial charge in [-0.15, -0.1) is 0 Å². The summed E-state index contributed by atoms with van der Waals surface area (Å²) in [5.41, 5.74) is 3.85. The van der Waals surface area contributed by atoms with Crippen molar-refractivity contribution < 1.29 is 32.6 Å². The highest BCUT2D eigenvalue weighted by Gasteiger charge is 2.43. The Morgan fingerprint density at radius 1 is 1.10 bits per heavy atom. The van der Waals surface area contributed by atoms with E-state index in [2.05, 4.69) is 0 Å².